The van der Waals surface area contributed by atoms with E-state index in [0.717, 1.165) is 12.8 Å². The third kappa shape index (κ3) is 2.46. The average Bonchev–Trinajstić information content (AvgIpc) is 2.78. The third-order valence-corrected chi connectivity index (χ3v) is 3.08. The number of urea groups is 1. The van der Waals surface area contributed by atoms with Gasteiger partial charge in [-0.1, -0.05) is 0 Å². The summed E-state index contributed by atoms with van der Waals surface area (Å²) in [6.45, 7) is 5.96. The molecule has 1 N–H and O–H groups in total. The first kappa shape index (κ1) is 12.8. The van der Waals surface area contributed by atoms with E-state index in [1.807, 2.05) is 13.8 Å². The number of hydrogen-bond donors (Lipinski definition) is 1. The predicted molar refractivity (Wildman–Crippen MR) is 62.1 cm³/mol. The van der Waals surface area contributed by atoms with Gasteiger partial charge in [-0.05, 0) is 26.7 Å². The van der Waals surface area contributed by atoms with Crippen LogP contribution in [0.5, 0.6) is 0 Å². The van der Waals surface area contributed by atoms with Crippen molar-refractivity contribution in [1.82, 2.24) is 15.1 Å². The Morgan fingerprint density at radius 3 is 2.50 bits per heavy atom. The van der Waals surface area contributed by atoms with Gasteiger partial charge in [0.25, 0.3) is 0 Å². The molecule has 1 rings (SSSR count). The summed E-state index contributed by atoms with van der Waals surface area (Å²) in [5, 5.41) is 2.62. The molecule has 92 valence electrons. The Labute approximate surface area is 96.8 Å². The Balaban J connectivity index is 2.70. The maximum absolute atomic E-state index is 12.1. The quantitative estimate of drug-likeness (QED) is 0.770. The van der Waals surface area contributed by atoms with Gasteiger partial charge in [0.2, 0.25) is 5.91 Å². The van der Waals surface area contributed by atoms with E-state index in [0.29, 0.717) is 19.6 Å². The fourth-order valence-electron chi connectivity index (χ4n) is 2.11. The monoisotopic (exact) mass is 227 g/mol. The summed E-state index contributed by atoms with van der Waals surface area (Å²) in [4.78, 5) is 27.2. The molecule has 5 nitrogen and oxygen atoms in total. The molecule has 3 amide bonds. The lowest BCUT2D eigenvalue weighted by molar-refractivity contribution is -0.124. The lowest BCUT2D eigenvalue weighted by atomic mass is 10.2. The second-order valence-electron chi connectivity index (χ2n) is 3.92. The molecule has 0 aromatic rings. The molecule has 16 heavy (non-hydrogen) atoms. The summed E-state index contributed by atoms with van der Waals surface area (Å²) in [6, 6.07) is -0.297. The number of nitrogens with one attached hydrogen (secondary N) is 1. The van der Waals surface area contributed by atoms with Gasteiger partial charge in [0, 0.05) is 26.7 Å². The third-order valence-electron chi connectivity index (χ3n) is 3.08. The summed E-state index contributed by atoms with van der Waals surface area (Å²) in [5.74, 6) is -0.0574. The van der Waals surface area contributed by atoms with Gasteiger partial charge in [-0.3, -0.25) is 4.79 Å². The summed E-state index contributed by atoms with van der Waals surface area (Å²) >= 11 is 0. The van der Waals surface area contributed by atoms with Crippen molar-refractivity contribution < 1.29 is 9.59 Å². The van der Waals surface area contributed by atoms with Crippen molar-refractivity contribution >= 4 is 11.9 Å². The highest BCUT2D eigenvalue weighted by molar-refractivity contribution is 5.87. The maximum atomic E-state index is 12.1. The molecule has 0 saturated carbocycles. The Morgan fingerprint density at radius 2 is 2.00 bits per heavy atom. The lowest BCUT2D eigenvalue weighted by Crippen LogP contribution is -2.50. The molecular weight excluding hydrogens is 206 g/mol. The van der Waals surface area contributed by atoms with Crippen molar-refractivity contribution in [2.24, 2.45) is 0 Å². The molecule has 1 fully saturated rings. The molecule has 5 heteroatoms. The van der Waals surface area contributed by atoms with Crippen LogP contribution in [0.4, 0.5) is 4.79 Å². The number of likely N-dealkylation sites (N-methyl/N-ethyl adjacent to an activating group) is 1. The average molecular weight is 227 g/mol. The zero-order valence-corrected chi connectivity index (χ0v) is 10.3. The molecule has 1 heterocycles. The lowest BCUT2D eigenvalue weighted by Gasteiger charge is -2.29. The Hall–Kier alpha value is -1.26. The largest absolute Gasteiger partial charge is 0.357 e. The van der Waals surface area contributed by atoms with Gasteiger partial charge >= 0.3 is 6.03 Å². The number of rotatable bonds is 3. The fraction of sp³-hybridized carbons (Fsp3) is 0.818. The van der Waals surface area contributed by atoms with Crippen LogP contribution in [0, 0.1) is 0 Å². The van der Waals surface area contributed by atoms with E-state index in [4.69, 9.17) is 0 Å². The molecule has 0 aromatic heterocycles. The minimum Gasteiger partial charge on any atom is -0.357 e. The highest BCUT2D eigenvalue weighted by Gasteiger charge is 2.34. The molecule has 1 saturated heterocycles. The zero-order valence-electron chi connectivity index (χ0n) is 10.3. The molecule has 0 spiro atoms. The molecule has 0 aromatic carbocycles. The molecule has 0 aliphatic carbocycles. The van der Waals surface area contributed by atoms with E-state index in [1.54, 1.807) is 16.8 Å². The number of carbonyl (C=O) groups excluding carboxylic acids is 2. The molecule has 1 aliphatic heterocycles. The van der Waals surface area contributed by atoms with Gasteiger partial charge in [-0.15, -0.1) is 0 Å². The topological polar surface area (TPSA) is 52.7 Å². The van der Waals surface area contributed by atoms with Crippen molar-refractivity contribution in [3.63, 3.8) is 0 Å². The number of hydrogen-bond acceptors (Lipinski definition) is 2. The number of nitrogens with zero attached hydrogens (tertiary/aromatic N) is 2. The molecular formula is C11H21N3O2. The summed E-state index contributed by atoms with van der Waals surface area (Å²) in [7, 11) is 1.61. The van der Waals surface area contributed by atoms with Crippen LogP contribution in [0.1, 0.15) is 26.7 Å². The van der Waals surface area contributed by atoms with Crippen LogP contribution in [0.15, 0.2) is 0 Å². The number of likely N-dealkylation sites (tertiary alicyclic amines) is 1. The second kappa shape index (κ2) is 5.72. The van der Waals surface area contributed by atoms with E-state index in [-0.39, 0.29) is 18.0 Å². The van der Waals surface area contributed by atoms with E-state index in [1.165, 1.54) is 0 Å². The van der Waals surface area contributed by atoms with Gasteiger partial charge in [0.05, 0.1) is 0 Å². The van der Waals surface area contributed by atoms with Crippen LogP contribution < -0.4 is 5.32 Å². The van der Waals surface area contributed by atoms with Crippen LogP contribution in [0.2, 0.25) is 0 Å². The highest BCUT2D eigenvalue weighted by atomic mass is 16.2. The fourth-order valence-corrected chi connectivity index (χ4v) is 2.11. The summed E-state index contributed by atoms with van der Waals surface area (Å²) in [5.41, 5.74) is 0. The minimum absolute atomic E-state index is 0.0175. The van der Waals surface area contributed by atoms with Crippen LogP contribution >= 0.6 is 0 Å². The summed E-state index contributed by atoms with van der Waals surface area (Å²) in [6.07, 6.45) is 1.68. The second-order valence-corrected chi connectivity index (χ2v) is 3.92. The van der Waals surface area contributed by atoms with Gasteiger partial charge in [-0.25, -0.2) is 4.79 Å². The molecule has 1 atom stereocenters. The van der Waals surface area contributed by atoms with Crippen molar-refractivity contribution in [2.75, 3.05) is 26.7 Å². The van der Waals surface area contributed by atoms with Crippen molar-refractivity contribution in [2.45, 2.75) is 32.7 Å². The van der Waals surface area contributed by atoms with Crippen LogP contribution in [-0.4, -0.2) is 54.5 Å². The predicted octanol–water partition coefficient (Wildman–Crippen LogP) is 0.659. The SMILES string of the molecule is CCN(CC)C(=O)N1CCCC1C(=O)NC. The standard InChI is InChI=1S/C11H21N3O2/c1-4-13(5-2)11(16)14-8-6-7-9(14)10(15)12-3/h9H,4-8H2,1-3H3,(H,12,15). The Bertz CT molecular complexity index is 264. The van der Waals surface area contributed by atoms with Gasteiger partial charge in [-0.2, -0.15) is 0 Å². The minimum atomic E-state index is -0.280. The van der Waals surface area contributed by atoms with Gasteiger partial charge < -0.3 is 15.1 Å². The van der Waals surface area contributed by atoms with Crippen molar-refractivity contribution in [3.05, 3.63) is 0 Å². The van der Waals surface area contributed by atoms with E-state index >= 15 is 0 Å². The van der Waals surface area contributed by atoms with Crippen LogP contribution in [0.25, 0.3) is 0 Å². The zero-order chi connectivity index (χ0) is 12.1. The highest BCUT2D eigenvalue weighted by Crippen LogP contribution is 2.19. The van der Waals surface area contributed by atoms with E-state index in [2.05, 4.69) is 5.32 Å². The van der Waals surface area contributed by atoms with E-state index < -0.39 is 0 Å². The molecule has 1 aliphatic rings. The first-order valence-electron chi connectivity index (χ1n) is 5.92. The molecule has 0 bridgehead atoms. The van der Waals surface area contributed by atoms with Crippen LogP contribution in [0.3, 0.4) is 0 Å². The summed E-state index contributed by atoms with van der Waals surface area (Å²) < 4.78 is 0. The number of carbonyl (C=O) groups is 2. The van der Waals surface area contributed by atoms with Crippen LogP contribution in [-0.2, 0) is 4.79 Å². The normalized spacial score (nSPS) is 19.7. The Kier molecular flexibility index (Phi) is 4.58. The first-order valence-corrected chi connectivity index (χ1v) is 5.92. The Morgan fingerprint density at radius 1 is 1.38 bits per heavy atom. The first-order chi connectivity index (χ1) is 7.65. The van der Waals surface area contributed by atoms with Crippen molar-refractivity contribution in [3.8, 4) is 0 Å². The number of amides is 3. The maximum Gasteiger partial charge on any atom is 0.320 e. The molecule has 0 radical (unpaired) electrons. The van der Waals surface area contributed by atoms with Crippen molar-refractivity contribution in [1.29, 1.82) is 0 Å². The molecule has 1 unspecified atom stereocenters. The van der Waals surface area contributed by atoms with Gasteiger partial charge in [0.1, 0.15) is 6.04 Å². The van der Waals surface area contributed by atoms with Gasteiger partial charge in [0.15, 0.2) is 0 Å². The smallest absolute Gasteiger partial charge is 0.320 e. The van der Waals surface area contributed by atoms with E-state index in [9.17, 15) is 9.59 Å².